The Kier molecular flexibility index (Phi) is 11.7. The van der Waals surface area contributed by atoms with Crippen molar-refractivity contribution in [2.75, 3.05) is 31.6 Å². The molecule has 0 fully saturated rings. The molecular formula is C31H37Cl2N3O6S. The fourth-order valence-corrected chi connectivity index (χ4v) is 6.42. The van der Waals surface area contributed by atoms with Crippen LogP contribution in [0.2, 0.25) is 10.0 Å². The number of aryl methyl sites for hydroxylation is 2. The number of carbonyl (C=O) groups excluding carboxylic acids is 2. The number of hydrogen-bond donors (Lipinski definition) is 1. The number of hydrogen-bond acceptors (Lipinski definition) is 6. The van der Waals surface area contributed by atoms with E-state index in [1.807, 2.05) is 26.8 Å². The molecule has 3 rings (SSSR count). The molecular weight excluding hydrogens is 613 g/mol. The third-order valence-electron chi connectivity index (χ3n) is 6.79. The molecule has 0 saturated heterocycles. The average molecular weight is 651 g/mol. The molecule has 3 aromatic carbocycles. The summed E-state index contributed by atoms with van der Waals surface area (Å²) in [7, 11) is -1.46. The van der Waals surface area contributed by atoms with Crippen LogP contribution in [0.15, 0.2) is 59.5 Å². The minimum Gasteiger partial charge on any atom is -0.493 e. The molecule has 0 unspecified atom stereocenters. The van der Waals surface area contributed by atoms with Crippen molar-refractivity contribution in [2.45, 2.75) is 51.6 Å². The monoisotopic (exact) mass is 649 g/mol. The van der Waals surface area contributed by atoms with E-state index >= 15 is 0 Å². The predicted molar refractivity (Wildman–Crippen MR) is 170 cm³/mol. The molecule has 12 heteroatoms. The second-order valence-electron chi connectivity index (χ2n) is 10.1. The van der Waals surface area contributed by atoms with Crippen LogP contribution in [-0.4, -0.2) is 58.5 Å². The predicted octanol–water partition coefficient (Wildman–Crippen LogP) is 5.77. The van der Waals surface area contributed by atoms with Gasteiger partial charge in [-0.2, -0.15) is 0 Å². The fraction of sp³-hybridized carbons (Fsp3) is 0.355. The number of anilines is 1. The summed E-state index contributed by atoms with van der Waals surface area (Å²) in [5, 5.41) is 3.55. The molecule has 0 saturated carbocycles. The molecule has 0 aliphatic heterocycles. The van der Waals surface area contributed by atoms with Gasteiger partial charge in [-0.15, -0.1) is 0 Å². The van der Waals surface area contributed by atoms with Gasteiger partial charge in [-0.1, -0.05) is 42.3 Å². The van der Waals surface area contributed by atoms with Crippen LogP contribution in [0, 0.1) is 13.8 Å². The normalized spacial score (nSPS) is 11.9. The molecule has 0 aliphatic rings. The highest BCUT2D eigenvalue weighted by molar-refractivity contribution is 7.92. The number of sulfonamides is 1. The van der Waals surface area contributed by atoms with Crippen LogP contribution in [0.25, 0.3) is 0 Å². The van der Waals surface area contributed by atoms with Crippen LogP contribution in [-0.2, 0) is 26.2 Å². The Bertz CT molecular complexity index is 1560. The van der Waals surface area contributed by atoms with Crippen LogP contribution in [0.5, 0.6) is 11.5 Å². The standard InChI is InChI=1S/C31H37Cl2N3O6S/c1-7-12-34-31(38)22(4)35(18-23-8-9-24(32)16-27(23)33)30(37)19-36(25-14-20(2)13-21(3)15-25)43(39,40)26-10-11-28(41-5)29(17-26)42-6/h8-11,13-17,22H,7,12,18-19H2,1-6H3,(H,34,38)/t22-/m0/s1. The molecule has 2 amide bonds. The molecule has 0 bridgehead atoms. The van der Waals surface area contributed by atoms with Gasteiger partial charge in [-0.25, -0.2) is 8.42 Å². The molecule has 43 heavy (non-hydrogen) atoms. The smallest absolute Gasteiger partial charge is 0.264 e. The number of rotatable bonds is 13. The van der Waals surface area contributed by atoms with E-state index in [0.717, 1.165) is 15.4 Å². The summed E-state index contributed by atoms with van der Waals surface area (Å²) in [5.41, 5.74) is 2.47. The first-order chi connectivity index (χ1) is 20.3. The second kappa shape index (κ2) is 14.8. The first kappa shape index (κ1) is 34.0. The van der Waals surface area contributed by atoms with Gasteiger partial charge < -0.3 is 19.7 Å². The number of halogens is 2. The summed E-state index contributed by atoms with van der Waals surface area (Å²) < 4.78 is 40.1. The largest absolute Gasteiger partial charge is 0.493 e. The molecule has 9 nitrogen and oxygen atoms in total. The third kappa shape index (κ3) is 8.34. The van der Waals surface area contributed by atoms with E-state index in [2.05, 4.69) is 5.32 Å². The van der Waals surface area contributed by atoms with Crippen molar-refractivity contribution in [3.63, 3.8) is 0 Å². The zero-order valence-electron chi connectivity index (χ0n) is 25.1. The highest BCUT2D eigenvalue weighted by Gasteiger charge is 2.33. The van der Waals surface area contributed by atoms with E-state index in [0.29, 0.717) is 40.0 Å². The third-order valence-corrected chi connectivity index (χ3v) is 9.15. The summed E-state index contributed by atoms with van der Waals surface area (Å²) in [6.45, 7) is 6.99. The van der Waals surface area contributed by atoms with Crippen molar-refractivity contribution in [1.29, 1.82) is 0 Å². The van der Waals surface area contributed by atoms with Crippen LogP contribution in [0.3, 0.4) is 0 Å². The summed E-state index contributed by atoms with van der Waals surface area (Å²) in [5.74, 6) is -0.404. The molecule has 0 radical (unpaired) electrons. The Morgan fingerprint density at radius 3 is 2.16 bits per heavy atom. The van der Waals surface area contributed by atoms with Gasteiger partial charge in [-0.05, 0) is 80.3 Å². The Hall–Kier alpha value is -3.47. The van der Waals surface area contributed by atoms with Crippen LogP contribution >= 0.6 is 23.2 Å². The summed E-state index contributed by atoms with van der Waals surface area (Å²) in [6, 6.07) is 13.4. The average Bonchev–Trinajstić information content (AvgIpc) is 2.96. The molecule has 0 aliphatic carbocycles. The van der Waals surface area contributed by atoms with Crippen molar-refractivity contribution in [1.82, 2.24) is 10.2 Å². The van der Waals surface area contributed by atoms with E-state index in [9.17, 15) is 18.0 Å². The van der Waals surface area contributed by atoms with Crippen molar-refractivity contribution >= 4 is 50.7 Å². The van der Waals surface area contributed by atoms with Gasteiger partial charge in [0.1, 0.15) is 12.6 Å². The second-order valence-corrected chi connectivity index (χ2v) is 12.8. The van der Waals surface area contributed by atoms with Crippen LogP contribution in [0.1, 0.15) is 37.0 Å². The van der Waals surface area contributed by atoms with Crippen molar-refractivity contribution < 1.29 is 27.5 Å². The number of nitrogens with zero attached hydrogens (tertiary/aromatic N) is 2. The van der Waals surface area contributed by atoms with Crippen molar-refractivity contribution in [3.8, 4) is 11.5 Å². The number of carbonyl (C=O) groups is 2. The number of amides is 2. The number of benzene rings is 3. The van der Waals surface area contributed by atoms with E-state index < -0.39 is 28.5 Å². The van der Waals surface area contributed by atoms with Crippen LogP contribution < -0.4 is 19.1 Å². The van der Waals surface area contributed by atoms with Crippen molar-refractivity contribution in [2.24, 2.45) is 0 Å². The maximum atomic E-state index is 14.2. The van der Waals surface area contributed by atoms with E-state index in [1.54, 1.807) is 37.3 Å². The lowest BCUT2D eigenvalue weighted by atomic mass is 10.1. The van der Waals surface area contributed by atoms with Gasteiger partial charge in [-0.3, -0.25) is 13.9 Å². The fourth-order valence-electron chi connectivity index (χ4n) is 4.54. The lowest BCUT2D eigenvalue weighted by molar-refractivity contribution is -0.139. The molecule has 3 aromatic rings. The minimum absolute atomic E-state index is 0.0490. The first-order valence-electron chi connectivity index (χ1n) is 13.7. The molecule has 1 N–H and O–H groups in total. The van der Waals surface area contributed by atoms with Gasteiger partial charge >= 0.3 is 0 Å². The van der Waals surface area contributed by atoms with Gasteiger partial charge in [0.2, 0.25) is 11.8 Å². The zero-order valence-corrected chi connectivity index (χ0v) is 27.4. The first-order valence-corrected chi connectivity index (χ1v) is 15.9. The lowest BCUT2D eigenvalue weighted by Gasteiger charge is -2.32. The van der Waals surface area contributed by atoms with Gasteiger partial charge in [0.25, 0.3) is 10.0 Å². The summed E-state index contributed by atoms with van der Waals surface area (Å²) in [6.07, 6.45) is 0.708. The van der Waals surface area contributed by atoms with Crippen LogP contribution in [0.4, 0.5) is 5.69 Å². The highest BCUT2D eigenvalue weighted by atomic mass is 35.5. The van der Waals surface area contributed by atoms with E-state index in [1.165, 1.54) is 37.3 Å². The number of ether oxygens (including phenoxy) is 2. The molecule has 1 atom stereocenters. The van der Waals surface area contributed by atoms with E-state index in [4.69, 9.17) is 32.7 Å². The molecule has 0 spiro atoms. The molecule has 0 heterocycles. The Balaban J connectivity index is 2.12. The quantitative estimate of drug-likeness (QED) is 0.252. The topological polar surface area (TPSA) is 105 Å². The number of nitrogens with one attached hydrogen (secondary N) is 1. The lowest BCUT2D eigenvalue weighted by Crippen LogP contribution is -2.51. The molecule has 0 aromatic heterocycles. The van der Waals surface area contributed by atoms with Gasteiger partial charge in [0, 0.05) is 29.2 Å². The summed E-state index contributed by atoms with van der Waals surface area (Å²) in [4.78, 5) is 28.4. The Morgan fingerprint density at radius 1 is 0.930 bits per heavy atom. The number of methoxy groups -OCH3 is 2. The zero-order chi connectivity index (χ0) is 31.9. The maximum absolute atomic E-state index is 14.2. The maximum Gasteiger partial charge on any atom is 0.264 e. The SMILES string of the molecule is CCCNC(=O)[C@H](C)N(Cc1ccc(Cl)cc1Cl)C(=O)CN(c1cc(C)cc(C)c1)S(=O)(=O)c1ccc(OC)c(OC)c1. The Morgan fingerprint density at radius 2 is 1.58 bits per heavy atom. The van der Waals surface area contributed by atoms with Crippen molar-refractivity contribution in [3.05, 3.63) is 81.3 Å². The highest BCUT2D eigenvalue weighted by Crippen LogP contribution is 2.33. The summed E-state index contributed by atoms with van der Waals surface area (Å²) >= 11 is 12.5. The van der Waals surface area contributed by atoms with E-state index in [-0.39, 0.29) is 23.1 Å². The Labute approximate surface area is 263 Å². The van der Waals surface area contributed by atoms with Gasteiger partial charge in [0.05, 0.1) is 24.8 Å². The molecule has 232 valence electrons. The van der Waals surface area contributed by atoms with Gasteiger partial charge in [0.15, 0.2) is 11.5 Å². The minimum atomic E-state index is -4.31.